The van der Waals surface area contributed by atoms with Crippen LogP contribution in [0.1, 0.15) is 38.5 Å². The van der Waals surface area contributed by atoms with Crippen LogP contribution in [-0.2, 0) is 0 Å². The number of nitrogens with zero attached hydrogens (tertiary/aromatic N) is 3. The number of aromatic nitrogens is 1. The average Bonchev–Trinajstić information content (AvgIpc) is 3.25. The molecule has 0 radical (unpaired) electrons. The Balaban J connectivity index is 1.15. The van der Waals surface area contributed by atoms with Crippen LogP contribution in [0.4, 0.5) is 10.5 Å². The van der Waals surface area contributed by atoms with Crippen LogP contribution in [0.2, 0.25) is 0 Å². The number of amides is 2. The molecule has 5 nitrogen and oxygen atoms in total. The second-order valence-electron chi connectivity index (χ2n) is 8.01. The lowest BCUT2D eigenvalue weighted by molar-refractivity contribution is 0.204. The van der Waals surface area contributed by atoms with Gasteiger partial charge in [-0.2, -0.15) is 0 Å². The van der Waals surface area contributed by atoms with Gasteiger partial charge in [-0.1, -0.05) is 6.42 Å². The molecule has 0 unspecified atom stereocenters. The summed E-state index contributed by atoms with van der Waals surface area (Å²) < 4.78 is 0. The molecule has 1 saturated carbocycles. The van der Waals surface area contributed by atoms with Crippen molar-refractivity contribution in [3.05, 3.63) is 24.5 Å². The van der Waals surface area contributed by atoms with Crippen LogP contribution in [0.3, 0.4) is 0 Å². The van der Waals surface area contributed by atoms with Crippen LogP contribution in [-0.4, -0.2) is 48.6 Å². The van der Waals surface area contributed by atoms with Crippen molar-refractivity contribution in [1.82, 2.24) is 15.2 Å². The van der Waals surface area contributed by atoms with E-state index < -0.39 is 0 Å². The molecular weight excluding hydrogens is 312 g/mol. The number of pyridine rings is 1. The molecule has 5 heteroatoms. The highest BCUT2D eigenvalue weighted by atomic mass is 16.2. The minimum Gasteiger partial charge on any atom is -0.371 e. The van der Waals surface area contributed by atoms with E-state index >= 15 is 0 Å². The summed E-state index contributed by atoms with van der Waals surface area (Å²) >= 11 is 0. The fourth-order valence-electron chi connectivity index (χ4n) is 4.93. The van der Waals surface area contributed by atoms with Crippen LogP contribution in [0.25, 0.3) is 0 Å². The highest BCUT2D eigenvalue weighted by molar-refractivity contribution is 5.74. The van der Waals surface area contributed by atoms with E-state index in [-0.39, 0.29) is 6.03 Å². The number of fused-ring (bicyclic) bond motifs is 1. The van der Waals surface area contributed by atoms with E-state index in [2.05, 4.69) is 32.2 Å². The molecule has 25 heavy (non-hydrogen) atoms. The third kappa shape index (κ3) is 3.91. The summed E-state index contributed by atoms with van der Waals surface area (Å²) in [6.45, 7) is 5.02. The van der Waals surface area contributed by atoms with Crippen LogP contribution in [0.15, 0.2) is 24.5 Å². The SMILES string of the molecule is O=C(NCCC1CCN(c2ccncc2)CC1)N1C[C@@H]2CCC[C@H]2C1. The summed E-state index contributed by atoms with van der Waals surface area (Å²) in [6.07, 6.45) is 11.3. The molecular formula is C20H30N4O. The van der Waals surface area contributed by atoms with E-state index in [4.69, 9.17) is 0 Å². The van der Waals surface area contributed by atoms with Gasteiger partial charge in [-0.05, 0) is 62.0 Å². The van der Waals surface area contributed by atoms with Gasteiger partial charge in [-0.25, -0.2) is 4.79 Å². The Labute approximate surface area is 150 Å². The van der Waals surface area contributed by atoms with Crippen molar-refractivity contribution in [2.24, 2.45) is 17.8 Å². The van der Waals surface area contributed by atoms with Crippen molar-refractivity contribution in [1.29, 1.82) is 0 Å². The second-order valence-corrected chi connectivity index (χ2v) is 8.01. The lowest BCUT2D eigenvalue weighted by Crippen LogP contribution is -2.40. The molecule has 0 aromatic carbocycles. The van der Waals surface area contributed by atoms with E-state index in [0.717, 1.165) is 56.9 Å². The molecule has 2 amide bonds. The fraction of sp³-hybridized carbons (Fsp3) is 0.700. The number of anilines is 1. The Bertz CT molecular complexity index is 558. The summed E-state index contributed by atoms with van der Waals surface area (Å²) in [7, 11) is 0. The minimum atomic E-state index is 0.170. The molecule has 1 aromatic rings. The lowest BCUT2D eigenvalue weighted by atomic mass is 9.93. The predicted octanol–water partition coefficient (Wildman–Crippen LogP) is 3.13. The molecule has 0 spiro atoms. The molecule has 1 aliphatic carbocycles. The number of carbonyl (C=O) groups is 1. The van der Waals surface area contributed by atoms with Gasteiger partial charge in [0.1, 0.15) is 0 Å². The van der Waals surface area contributed by atoms with Gasteiger partial charge in [0, 0.05) is 50.8 Å². The van der Waals surface area contributed by atoms with Gasteiger partial charge in [0.2, 0.25) is 0 Å². The molecule has 3 aliphatic rings. The van der Waals surface area contributed by atoms with Crippen LogP contribution >= 0.6 is 0 Å². The van der Waals surface area contributed by atoms with Gasteiger partial charge in [0.05, 0.1) is 0 Å². The van der Waals surface area contributed by atoms with Gasteiger partial charge >= 0.3 is 6.03 Å². The number of rotatable bonds is 4. The van der Waals surface area contributed by atoms with Crippen LogP contribution in [0, 0.1) is 17.8 Å². The summed E-state index contributed by atoms with van der Waals surface area (Å²) in [6, 6.07) is 4.35. The third-order valence-corrected chi connectivity index (χ3v) is 6.48. The number of hydrogen-bond donors (Lipinski definition) is 1. The molecule has 0 bridgehead atoms. The number of likely N-dealkylation sites (tertiary alicyclic amines) is 1. The van der Waals surface area contributed by atoms with E-state index in [1.54, 1.807) is 0 Å². The van der Waals surface area contributed by atoms with E-state index in [9.17, 15) is 4.79 Å². The standard InChI is InChI=1S/C20H30N4O/c25-20(24-14-17-2-1-3-18(17)15-24)22-11-4-16-7-12-23(13-8-16)19-5-9-21-10-6-19/h5-6,9-10,16-18H,1-4,7-8,11-15H2,(H,22,25)/t17-,18-/m0/s1. The Morgan fingerprint density at radius 2 is 1.76 bits per heavy atom. The van der Waals surface area contributed by atoms with Crippen molar-refractivity contribution < 1.29 is 4.79 Å². The highest BCUT2D eigenvalue weighted by Crippen LogP contribution is 2.37. The van der Waals surface area contributed by atoms with Crippen LogP contribution in [0.5, 0.6) is 0 Å². The Morgan fingerprint density at radius 1 is 1.08 bits per heavy atom. The smallest absolute Gasteiger partial charge is 0.317 e. The van der Waals surface area contributed by atoms with Gasteiger partial charge in [0.25, 0.3) is 0 Å². The average molecular weight is 342 g/mol. The number of piperidine rings is 1. The molecule has 3 fully saturated rings. The fourth-order valence-corrected chi connectivity index (χ4v) is 4.93. The highest BCUT2D eigenvalue weighted by Gasteiger charge is 2.37. The van der Waals surface area contributed by atoms with Crippen LogP contribution < -0.4 is 10.2 Å². The molecule has 1 N–H and O–H groups in total. The van der Waals surface area contributed by atoms with Crippen molar-refractivity contribution in [3.8, 4) is 0 Å². The molecule has 2 aliphatic heterocycles. The quantitative estimate of drug-likeness (QED) is 0.914. The first-order chi connectivity index (χ1) is 12.3. The van der Waals surface area contributed by atoms with Gasteiger partial charge < -0.3 is 15.1 Å². The van der Waals surface area contributed by atoms with Crippen molar-refractivity contribution >= 4 is 11.7 Å². The number of urea groups is 1. The molecule has 2 saturated heterocycles. The number of hydrogen-bond acceptors (Lipinski definition) is 3. The first-order valence-electron chi connectivity index (χ1n) is 9.97. The van der Waals surface area contributed by atoms with E-state index in [1.165, 1.54) is 37.8 Å². The first-order valence-corrected chi connectivity index (χ1v) is 9.97. The Hall–Kier alpha value is -1.78. The Kier molecular flexibility index (Phi) is 5.09. The molecule has 2 atom stereocenters. The van der Waals surface area contributed by atoms with Gasteiger partial charge in [-0.3, -0.25) is 4.98 Å². The number of carbonyl (C=O) groups excluding carboxylic acids is 1. The lowest BCUT2D eigenvalue weighted by Gasteiger charge is -2.33. The summed E-state index contributed by atoms with van der Waals surface area (Å²) in [5, 5.41) is 3.17. The topological polar surface area (TPSA) is 48.5 Å². The maximum absolute atomic E-state index is 12.4. The third-order valence-electron chi connectivity index (χ3n) is 6.48. The Morgan fingerprint density at radius 3 is 2.44 bits per heavy atom. The van der Waals surface area contributed by atoms with E-state index in [0.29, 0.717) is 0 Å². The molecule has 136 valence electrons. The van der Waals surface area contributed by atoms with Gasteiger partial charge in [0.15, 0.2) is 0 Å². The summed E-state index contributed by atoms with van der Waals surface area (Å²) in [5.74, 6) is 2.29. The summed E-state index contributed by atoms with van der Waals surface area (Å²) in [4.78, 5) is 20.9. The van der Waals surface area contributed by atoms with Gasteiger partial charge in [-0.15, -0.1) is 0 Å². The maximum Gasteiger partial charge on any atom is 0.317 e. The largest absolute Gasteiger partial charge is 0.371 e. The predicted molar refractivity (Wildman–Crippen MR) is 99.6 cm³/mol. The number of nitrogens with one attached hydrogen (secondary N) is 1. The zero-order chi connectivity index (χ0) is 17.1. The zero-order valence-corrected chi connectivity index (χ0v) is 15.1. The first kappa shape index (κ1) is 16.7. The molecule has 1 aromatic heterocycles. The minimum absolute atomic E-state index is 0.170. The second kappa shape index (κ2) is 7.63. The molecule has 3 heterocycles. The van der Waals surface area contributed by atoms with Crippen molar-refractivity contribution in [3.63, 3.8) is 0 Å². The maximum atomic E-state index is 12.4. The summed E-state index contributed by atoms with van der Waals surface area (Å²) in [5.41, 5.74) is 1.28. The van der Waals surface area contributed by atoms with Crippen molar-refractivity contribution in [2.75, 3.05) is 37.6 Å². The van der Waals surface area contributed by atoms with Crippen molar-refractivity contribution in [2.45, 2.75) is 38.5 Å². The zero-order valence-electron chi connectivity index (χ0n) is 15.1. The normalized spacial score (nSPS) is 26.7. The molecule has 4 rings (SSSR count). The van der Waals surface area contributed by atoms with E-state index in [1.807, 2.05) is 12.4 Å². The monoisotopic (exact) mass is 342 g/mol.